The maximum Gasteiger partial charge on any atom is 0.340 e. The van der Waals surface area contributed by atoms with Crippen LogP contribution in [0.15, 0.2) is 56.3 Å². The summed E-state index contributed by atoms with van der Waals surface area (Å²) in [7, 11) is 0. The van der Waals surface area contributed by atoms with Gasteiger partial charge in [0, 0.05) is 27.7 Å². The summed E-state index contributed by atoms with van der Waals surface area (Å²) in [4.78, 5) is 36.6. The number of aliphatic carboxylic acids is 1. The van der Waals surface area contributed by atoms with E-state index in [1.807, 2.05) is 43.3 Å². The van der Waals surface area contributed by atoms with E-state index < -0.39 is 23.5 Å². The Kier molecular flexibility index (Phi) is 6.29. The van der Waals surface area contributed by atoms with Gasteiger partial charge >= 0.3 is 11.6 Å². The average molecular weight is 466 g/mol. The predicted octanol–water partition coefficient (Wildman–Crippen LogP) is 4.30. The third kappa shape index (κ3) is 4.26. The molecule has 4 aromatic rings. The number of carboxylic acids is 1. The van der Waals surface area contributed by atoms with Crippen LogP contribution >= 0.6 is 11.8 Å². The molecule has 0 aliphatic rings. The van der Waals surface area contributed by atoms with Crippen molar-refractivity contribution >= 4 is 45.6 Å². The Bertz CT molecular complexity index is 1420. The van der Waals surface area contributed by atoms with Gasteiger partial charge in [0.15, 0.2) is 0 Å². The van der Waals surface area contributed by atoms with Crippen LogP contribution in [0, 0.1) is 13.8 Å². The van der Waals surface area contributed by atoms with Crippen molar-refractivity contribution in [3.63, 3.8) is 0 Å². The lowest BCUT2D eigenvalue weighted by molar-refractivity contribution is -0.141. The van der Waals surface area contributed by atoms with Crippen LogP contribution in [-0.2, 0) is 16.0 Å². The van der Waals surface area contributed by atoms with Crippen LogP contribution < -0.4 is 10.9 Å². The molecule has 0 saturated carbocycles. The average Bonchev–Trinajstić information content (AvgIpc) is 3.22. The molecule has 1 amide bonds. The number of carboxylic acid groups (broad SMARTS) is 1. The summed E-state index contributed by atoms with van der Waals surface area (Å²) < 4.78 is 11.4. The van der Waals surface area contributed by atoms with Crippen molar-refractivity contribution in [2.75, 3.05) is 12.0 Å². The lowest BCUT2D eigenvalue weighted by Gasteiger charge is -2.14. The fourth-order valence-electron chi connectivity index (χ4n) is 3.99. The number of aryl methyl sites for hydroxylation is 2. The van der Waals surface area contributed by atoms with Crippen molar-refractivity contribution < 1.29 is 23.5 Å². The van der Waals surface area contributed by atoms with Gasteiger partial charge in [-0.05, 0) is 37.3 Å². The molecule has 2 N–H and O–H groups in total. The molecule has 33 heavy (non-hydrogen) atoms. The van der Waals surface area contributed by atoms with E-state index in [1.165, 1.54) is 11.8 Å². The minimum atomic E-state index is -1.12. The number of rotatable bonds is 7. The Hall–Kier alpha value is -3.52. The van der Waals surface area contributed by atoms with Crippen LogP contribution in [0.2, 0.25) is 0 Å². The van der Waals surface area contributed by atoms with Gasteiger partial charge in [0.25, 0.3) is 0 Å². The van der Waals surface area contributed by atoms with Gasteiger partial charge in [-0.2, -0.15) is 11.8 Å². The third-order valence-corrected chi connectivity index (χ3v) is 6.40. The van der Waals surface area contributed by atoms with Crippen LogP contribution in [-0.4, -0.2) is 35.0 Å². The minimum Gasteiger partial charge on any atom is -0.480 e. The number of fused-ring (bicyclic) bond motifs is 2. The second-order valence-corrected chi connectivity index (χ2v) is 8.76. The zero-order valence-corrected chi connectivity index (χ0v) is 19.2. The summed E-state index contributed by atoms with van der Waals surface area (Å²) >= 11 is 1.31. The lowest BCUT2D eigenvalue weighted by atomic mass is 9.97. The van der Waals surface area contributed by atoms with Crippen LogP contribution in [0.1, 0.15) is 16.7 Å². The number of carbonyl (C=O) groups excluding carboxylic acids is 1. The van der Waals surface area contributed by atoms with Crippen molar-refractivity contribution in [1.29, 1.82) is 0 Å². The van der Waals surface area contributed by atoms with Crippen molar-refractivity contribution in [2.45, 2.75) is 26.3 Å². The topological polar surface area (TPSA) is 110 Å². The number of thioether (sulfide) groups is 1. The van der Waals surface area contributed by atoms with Gasteiger partial charge in [-0.25, -0.2) is 9.59 Å². The summed E-state index contributed by atoms with van der Waals surface area (Å²) in [6, 6.07) is 10.7. The molecule has 2 aromatic heterocycles. The molecule has 2 aromatic carbocycles. The molecule has 1 atom stereocenters. The van der Waals surface area contributed by atoms with E-state index in [2.05, 4.69) is 5.32 Å². The van der Waals surface area contributed by atoms with Crippen LogP contribution in [0.4, 0.5) is 0 Å². The first kappa shape index (κ1) is 22.7. The number of hydrogen-bond donors (Lipinski definition) is 2. The Morgan fingerprint density at radius 2 is 1.82 bits per heavy atom. The van der Waals surface area contributed by atoms with Gasteiger partial charge in [-0.3, -0.25) is 4.79 Å². The van der Waals surface area contributed by atoms with Crippen LogP contribution in [0.5, 0.6) is 0 Å². The molecular formula is C25H23NO6S. The summed E-state index contributed by atoms with van der Waals surface area (Å²) in [5.41, 5.74) is 3.87. The number of furan rings is 1. The van der Waals surface area contributed by atoms with Crippen molar-refractivity contribution in [2.24, 2.45) is 0 Å². The molecule has 0 spiro atoms. The Labute approximate surface area is 193 Å². The highest BCUT2D eigenvalue weighted by atomic mass is 32.2. The molecule has 2 heterocycles. The second-order valence-electron chi connectivity index (χ2n) is 7.85. The fourth-order valence-corrected chi connectivity index (χ4v) is 4.55. The van der Waals surface area contributed by atoms with Gasteiger partial charge in [0.2, 0.25) is 5.91 Å². The van der Waals surface area contributed by atoms with Crippen LogP contribution in [0.3, 0.4) is 0 Å². The fraction of sp³-hybridized carbons (Fsp3) is 0.240. The minimum absolute atomic E-state index is 0.205. The number of hydrogen-bond acceptors (Lipinski definition) is 6. The zero-order chi connectivity index (χ0) is 23.7. The second kappa shape index (κ2) is 9.15. The maximum atomic E-state index is 12.8. The zero-order valence-electron chi connectivity index (χ0n) is 18.4. The molecule has 0 aliphatic carbocycles. The first-order valence-corrected chi connectivity index (χ1v) is 11.7. The number of amides is 1. The molecule has 0 fully saturated rings. The normalized spacial score (nSPS) is 12.2. The maximum absolute atomic E-state index is 12.8. The van der Waals surface area contributed by atoms with Gasteiger partial charge < -0.3 is 19.3 Å². The number of carbonyl (C=O) groups is 2. The summed E-state index contributed by atoms with van der Waals surface area (Å²) in [5.74, 6) is -1.43. The Morgan fingerprint density at radius 3 is 2.48 bits per heavy atom. The first-order valence-electron chi connectivity index (χ1n) is 10.4. The third-order valence-electron chi connectivity index (χ3n) is 5.73. The highest BCUT2D eigenvalue weighted by Crippen LogP contribution is 2.37. The van der Waals surface area contributed by atoms with E-state index in [0.717, 1.165) is 16.5 Å². The highest BCUT2D eigenvalue weighted by Gasteiger charge is 2.23. The van der Waals surface area contributed by atoms with E-state index in [9.17, 15) is 19.5 Å². The quantitative estimate of drug-likeness (QED) is 0.392. The SMILES string of the molecule is CSC[C@H](NC(=O)Cc1c(C)c2cc3c(-c4ccccc4)coc3c(C)c2oc1=O)C(=O)O. The van der Waals surface area contributed by atoms with Gasteiger partial charge in [-0.15, -0.1) is 0 Å². The molecular weight excluding hydrogens is 442 g/mol. The lowest BCUT2D eigenvalue weighted by Crippen LogP contribution is -2.43. The standard InChI is InChI=1S/C25H23NO6S/c1-13-16-9-18-19(15-7-5-4-6-8-15)11-31-22(18)14(2)23(16)32-25(30)17(13)10-21(27)26-20(12-33-3)24(28)29/h4-9,11,20H,10,12H2,1-3H3,(H,26,27)(H,28,29)/t20-/m0/s1. The van der Waals surface area contributed by atoms with E-state index in [-0.39, 0.29) is 17.7 Å². The molecule has 7 nitrogen and oxygen atoms in total. The Morgan fingerprint density at radius 1 is 1.09 bits per heavy atom. The van der Waals surface area contributed by atoms with Crippen molar-refractivity contribution in [1.82, 2.24) is 5.32 Å². The van der Waals surface area contributed by atoms with Gasteiger partial charge in [-0.1, -0.05) is 30.3 Å². The summed E-state index contributed by atoms with van der Waals surface area (Å²) in [6.07, 6.45) is 3.18. The molecule has 8 heteroatoms. The molecule has 0 unspecified atom stereocenters. The summed E-state index contributed by atoms with van der Waals surface area (Å²) in [6.45, 7) is 3.60. The first-order chi connectivity index (χ1) is 15.8. The molecule has 4 rings (SSSR count). The Balaban J connectivity index is 1.79. The smallest absolute Gasteiger partial charge is 0.340 e. The van der Waals surface area contributed by atoms with E-state index in [0.29, 0.717) is 27.7 Å². The number of benzene rings is 2. The largest absolute Gasteiger partial charge is 0.480 e. The molecule has 0 radical (unpaired) electrons. The predicted molar refractivity (Wildman–Crippen MR) is 129 cm³/mol. The molecule has 0 saturated heterocycles. The molecule has 170 valence electrons. The van der Waals surface area contributed by atoms with Crippen LogP contribution in [0.25, 0.3) is 33.1 Å². The highest BCUT2D eigenvalue weighted by molar-refractivity contribution is 7.98. The number of nitrogens with one attached hydrogen (secondary N) is 1. The van der Waals surface area contributed by atoms with E-state index in [1.54, 1.807) is 19.4 Å². The molecule has 0 aliphatic heterocycles. The van der Waals surface area contributed by atoms with E-state index >= 15 is 0 Å². The summed E-state index contributed by atoms with van der Waals surface area (Å²) in [5, 5.41) is 13.4. The van der Waals surface area contributed by atoms with E-state index in [4.69, 9.17) is 8.83 Å². The monoisotopic (exact) mass is 465 g/mol. The van der Waals surface area contributed by atoms with Gasteiger partial charge in [0.05, 0.1) is 18.2 Å². The van der Waals surface area contributed by atoms with Crippen molar-refractivity contribution in [3.8, 4) is 11.1 Å². The van der Waals surface area contributed by atoms with Gasteiger partial charge in [0.1, 0.15) is 17.2 Å². The molecule has 0 bridgehead atoms. The van der Waals surface area contributed by atoms with Crippen molar-refractivity contribution in [3.05, 3.63) is 69.8 Å².